The second-order valence-corrected chi connectivity index (χ2v) is 5.38. The maximum atomic E-state index is 10.3. The minimum Gasteiger partial charge on any atom is -0.481 e. The third-order valence-corrected chi connectivity index (χ3v) is 3.38. The smallest absolute Gasteiger partial charge is 0.303 e. The van der Waals surface area contributed by atoms with Gasteiger partial charge < -0.3 is 5.11 Å². The molecule has 2 nitrogen and oxygen atoms in total. The fourth-order valence-electron chi connectivity index (χ4n) is 2.17. The standard InChI is InChI=1S/C18H32O2/c1-2-3-4-5-6-7-8-9-10-11-12-13-14-15-16-17-18(19)20/h3-6H,2,7-17H2,1H3,(H,19,20)/b4-3+,6-5-. The normalized spacial score (nSPS) is 11.7. The molecule has 0 saturated heterocycles. The van der Waals surface area contributed by atoms with Crippen LogP contribution in [0.15, 0.2) is 24.3 Å². The van der Waals surface area contributed by atoms with Crippen LogP contribution in [0.5, 0.6) is 0 Å². The molecule has 0 radical (unpaired) electrons. The summed E-state index contributed by atoms with van der Waals surface area (Å²) in [6.45, 7) is 2.15. The molecule has 20 heavy (non-hydrogen) atoms. The monoisotopic (exact) mass is 280 g/mol. The van der Waals surface area contributed by atoms with Crippen molar-refractivity contribution in [3.8, 4) is 0 Å². The Morgan fingerprint density at radius 2 is 1.30 bits per heavy atom. The van der Waals surface area contributed by atoms with E-state index < -0.39 is 5.97 Å². The van der Waals surface area contributed by atoms with Crippen LogP contribution in [0, 0.1) is 0 Å². The van der Waals surface area contributed by atoms with Gasteiger partial charge in [-0.3, -0.25) is 4.79 Å². The van der Waals surface area contributed by atoms with Crippen LogP contribution in [0.4, 0.5) is 0 Å². The van der Waals surface area contributed by atoms with Crippen molar-refractivity contribution >= 4 is 5.97 Å². The summed E-state index contributed by atoms with van der Waals surface area (Å²) in [5.74, 6) is -0.663. The van der Waals surface area contributed by atoms with Gasteiger partial charge in [0.25, 0.3) is 0 Å². The Labute approximate surface area is 125 Å². The molecule has 0 aromatic carbocycles. The lowest BCUT2D eigenvalue weighted by Gasteiger charge is -2.01. The van der Waals surface area contributed by atoms with Gasteiger partial charge in [0.05, 0.1) is 0 Å². The molecule has 0 saturated carbocycles. The number of carbonyl (C=O) groups is 1. The number of hydrogen-bond acceptors (Lipinski definition) is 1. The Morgan fingerprint density at radius 1 is 0.800 bits per heavy atom. The molecule has 116 valence electrons. The Kier molecular flexibility index (Phi) is 15.2. The Morgan fingerprint density at radius 3 is 1.85 bits per heavy atom. The summed E-state index contributed by atoms with van der Waals surface area (Å²) >= 11 is 0. The van der Waals surface area contributed by atoms with Gasteiger partial charge in [-0.05, 0) is 25.7 Å². The first-order valence-corrected chi connectivity index (χ1v) is 8.30. The van der Waals surface area contributed by atoms with Crippen molar-refractivity contribution in [2.75, 3.05) is 0 Å². The zero-order valence-corrected chi connectivity index (χ0v) is 13.2. The van der Waals surface area contributed by atoms with Crippen molar-refractivity contribution in [1.82, 2.24) is 0 Å². The molecule has 0 atom stereocenters. The van der Waals surface area contributed by atoms with Crippen molar-refractivity contribution in [2.45, 2.75) is 84.0 Å². The van der Waals surface area contributed by atoms with Gasteiger partial charge in [-0.15, -0.1) is 0 Å². The fourth-order valence-corrected chi connectivity index (χ4v) is 2.17. The van der Waals surface area contributed by atoms with Crippen LogP contribution in [-0.4, -0.2) is 11.1 Å². The lowest BCUT2D eigenvalue weighted by atomic mass is 10.1. The van der Waals surface area contributed by atoms with Crippen LogP contribution in [0.25, 0.3) is 0 Å². The summed E-state index contributed by atoms with van der Waals surface area (Å²) in [4.78, 5) is 10.3. The lowest BCUT2D eigenvalue weighted by molar-refractivity contribution is -0.137. The molecule has 1 N–H and O–H groups in total. The molecule has 0 aliphatic heterocycles. The number of carboxylic acids is 1. The van der Waals surface area contributed by atoms with Crippen molar-refractivity contribution in [3.05, 3.63) is 24.3 Å². The van der Waals surface area contributed by atoms with Gasteiger partial charge in [0, 0.05) is 6.42 Å². The Balaban J connectivity index is 3.08. The molecule has 0 fully saturated rings. The molecule has 0 aliphatic carbocycles. The molecule has 0 spiro atoms. The Bertz CT molecular complexity index is 267. The second-order valence-electron chi connectivity index (χ2n) is 5.38. The maximum Gasteiger partial charge on any atom is 0.303 e. The second kappa shape index (κ2) is 16.0. The van der Waals surface area contributed by atoms with Crippen molar-refractivity contribution in [1.29, 1.82) is 0 Å². The number of hydrogen-bond donors (Lipinski definition) is 1. The average molecular weight is 280 g/mol. The van der Waals surface area contributed by atoms with Crippen LogP contribution < -0.4 is 0 Å². The highest BCUT2D eigenvalue weighted by molar-refractivity contribution is 5.66. The van der Waals surface area contributed by atoms with Crippen LogP contribution in [-0.2, 0) is 4.79 Å². The predicted octanol–water partition coefficient (Wildman–Crippen LogP) is 5.88. The summed E-state index contributed by atoms with van der Waals surface area (Å²) in [6.07, 6.45) is 22.3. The summed E-state index contributed by atoms with van der Waals surface area (Å²) in [5, 5.41) is 8.51. The minimum atomic E-state index is -0.663. The van der Waals surface area contributed by atoms with E-state index >= 15 is 0 Å². The number of allylic oxidation sites excluding steroid dienone is 4. The zero-order chi connectivity index (χ0) is 14.9. The van der Waals surface area contributed by atoms with Crippen molar-refractivity contribution in [3.63, 3.8) is 0 Å². The Hall–Kier alpha value is -1.05. The summed E-state index contributed by atoms with van der Waals surface area (Å²) in [6, 6.07) is 0. The molecule has 0 unspecified atom stereocenters. The van der Waals surface area contributed by atoms with Gasteiger partial charge in [0.1, 0.15) is 0 Å². The fraction of sp³-hybridized carbons (Fsp3) is 0.722. The highest BCUT2D eigenvalue weighted by Crippen LogP contribution is 2.11. The summed E-state index contributed by atoms with van der Waals surface area (Å²) in [5.41, 5.74) is 0. The van der Waals surface area contributed by atoms with Crippen LogP contribution >= 0.6 is 0 Å². The van der Waals surface area contributed by atoms with E-state index in [1.54, 1.807) is 0 Å². The maximum absolute atomic E-state index is 10.3. The first-order chi connectivity index (χ1) is 9.77. The molecule has 0 aliphatic rings. The highest BCUT2D eigenvalue weighted by Gasteiger charge is 1.96. The number of unbranched alkanes of at least 4 members (excludes halogenated alkanes) is 9. The molecule has 0 aromatic rings. The van der Waals surface area contributed by atoms with Crippen LogP contribution in [0.3, 0.4) is 0 Å². The van der Waals surface area contributed by atoms with E-state index in [2.05, 4.69) is 31.2 Å². The number of rotatable bonds is 14. The third-order valence-electron chi connectivity index (χ3n) is 3.38. The first kappa shape index (κ1) is 18.9. The molecule has 0 rings (SSSR count). The topological polar surface area (TPSA) is 37.3 Å². The predicted molar refractivity (Wildman–Crippen MR) is 87.0 cm³/mol. The molecule has 0 amide bonds. The van der Waals surface area contributed by atoms with E-state index in [-0.39, 0.29) is 0 Å². The number of aliphatic carboxylic acids is 1. The molecule has 2 heteroatoms. The van der Waals surface area contributed by atoms with Crippen LogP contribution in [0.2, 0.25) is 0 Å². The average Bonchev–Trinajstić information content (AvgIpc) is 2.43. The van der Waals surface area contributed by atoms with Gasteiger partial charge in [-0.25, -0.2) is 0 Å². The van der Waals surface area contributed by atoms with Crippen molar-refractivity contribution < 1.29 is 9.90 Å². The lowest BCUT2D eigenvalue weighted by Crippen LogP contribution is -1.93. The molecular weight excluding hydrogens is 248 g/mol. The van der Waals surface area contributed by atoms with E-state index in [0.29, 0.717) is 6.42 Å². The van der Waals surface area contributed by atoms with E-state index in [9.17, 15) is 4.79 Å². The van der Waals surface area contributed by atoms with Gasteiger partial charge in [-0.2, -0.15) is 0 Å². The van der Waals surface area contributed by atoms with E-state index in [0.717, 1.165) is 19.3 Å². The van der Waals surface area contributed by atoms with E-state index in [1.807, 2.05) is 0 Å². The summed E-state index contributed by atoms with van der Waals surface area (Å²) in [7, 11) is 0. The van der Waals surface area contributed by atoms with Gasteiger partial charge in [0.2, 0.25) is 0 Å². The van der Waals surface area contributed by atoms with E-state index in [1.165, 1.54) is 51.4 Å². The van der Waals surface area contributed by atoms with Gasteiger partial charge in [-0.1, -0.05) is 76.2 Å². The van der Waals surface area contributed by atoms with Crippen molar-refractivity contribution in [2.24, 2.45) is 0 Å². The quantitative estimate of drug-likeness (QED) is 0.318. The zero-order valence-electron chi connectivity index (χ0n) is 13.2. The molecule has 0 bridgehead atoms. The SMILES string of the molecule is CC/C=C/C=C\CCCCCCCCCCCC(=O)O. The third kappa shape index (κ3) is 16.9. The minimum absolute atomic E-state index is 0.334. The summed E-state index contributed by atoms with van der Waals surface area (Å²) < 4.78 is 0. The first-order valence-electron chi connectivity index (χ1n) is 8.30. The van der Waals surface area contributed by atoms with E-state index in [4.69, 9.17) is 5.11 Å². The number of carboxylic acid groups (broad SMARTS) is 1. The van der Waals surface area contributed by atoms with Gasteiger partial charge >= 0.3 is 5.97 Å². The highest BCUT2D eigenvalue weighted by atomic mass is 16.4. The molecule has 0 heterocycles. The van der Waals surface area contributed by atoms with Crippen LogP contribution in [0.1, 0.15) is 84.0 Å². The van der Waals surface area contributed by atoms with Gasteiger partial charge in [0.15, 0.2) is 0 Å². The molecular formula is C18H32O2. The molecule has 0 aromatic heterocycles. The largest absolute Gasteiger partial charge is 0.481 e.